The second-order valence-corrected chi connectivity index (χ2v) is 5.17. The van der Waals surface area contributed by atoms with Gasteiger partial charge in [0, 0.05) is 11.4 Å². The van der Waals surface area contributed by atoms with Gasteiger partial charge in [-0.05, 0) is 24.3 Å². The number of amides is 1. The van der Waals surface area contributed by atoms with Gasteiger partial charge >= 0.3 is 0 Å². The molecule has 0 saturated carbocycles. The van der Waals surface area contributed by atoms with Gasteiger partial charge in [0.05, 0.1) is 19.1 Å². The van der Waals surface area contributed by atoms with E-state index >= 15 is 0 Å². The molecule has 0 bridgehead atoms. The van der Waals surface area contributed by atoms with E-state index < -0.39 is 11.7 Å². The van der Waals surface area contributed by atoms with Gasteiger partial charge in [0.15, 0.2) is 10.8 Å². The van der Waals surface area contributed by atoms with Crippen LogP contribution in [0.4, 0.5) is 10.1 Å². The Bertz CT molecular complexity index is 799. The standard InChI is InChI=1S/C15H11FN2O3S/c1-20-13-7-9(16)4-5-10(13)17-14(19)11-8-22-15(18-11)12-3-2-6-21-12/h2-8H,1H3,(H,17,19). The summed E-state index contributed by atoms with van der Waals surface area (Å²) in [5, 5.41) is 4.89. The van der Waals surface area contributed by atoms with Crippen molar-refractivity contribution in [1.82, 2.24) is 4.98 Å². The summed E-state index contributed by atoms with van der Waals surface area (Å²) in [6.45, 7) is 0. The van der Waals surface area contributed by atoms with Crippen molar-refractivity contribution in [2.45, 2.75) is 0 Å². The summed E-state index contributed by atoms with van der Waals surface area (Å²) in [5.41, 5.74) is 0.629. The molecule has 0 aliphatic heterocycles. The number of furan rings is 1. The van der Waals surface area contributed by atoms with Gasteiger partial charge in [0.25, 0.3) is 5.91 Å². The van der Waals surface area contributed by atoms with Crippen LogP contribution in [0.25, 0.3) is 10.8 Å². The van der Waals surface area contributed by atoms with Crippen LogP contribution < -0.4 is 10.1 Å². The first-order valence-corrected chi connectivity index (χ1v) is 7.19. The van der Waals surface area contributed by atoms with E-state index in [2.05, 4.69) is 10.3 Å². The van der Waals surface area contributed by atoms with E-state index in [4.69, 9.17) is 9.15 Å². The van der Waals surface area contributed by atoms with Crippen molar-refractivity contribution in [2.75, 3.05) is 12.4 Å². The number of halogens is 1. The van der Waals surface area contributed by atoms with Crippen LogP contribution >= 0.6 is 11.3 Å². The second-order valence-electron chi connectivity index (χ2n) is 4.31. The molecule has 1 aromatic carbocycles. The quantitative estimate of drug-likeness (QED) is 0.794. The highest BCUT2D eigenvalue weighted by Gasteiger charge is 2.15. The molecule has 3 aromatic rings. The van der Waals surface area contributed by atoms with Crippen LogP contribution in [0.5, 0.6) is 5.75 Å². The minimum absolute atomic E-state index is 0.245. The predicted octanol–water partition coefficient (Wildman–Crippen LogP) is 3.80. The van der Waals surface area contributed by atoms with E-state index in [0.717, 1.165) is 0 Å². The molecule has 22 heavy (non-hydrogen) atoms. The minimum Gasteiger partial charge on any atom is -0.494 e. The number of nitrogens with zero attached hydrogens (tertiary/aromatic N) is 1. The number of hydrogen-bond donors (Lipinski definition) is 1. The number of nitrogens with one attached hydrogen (secondary N) is 1. The van der Waals surface area contributed by atoms with Crippen molar-refractivity contribution >= 4 is 22.9 Å². The van der Waals surface area contributed by atoms with Gasteiger partial charge in [-0.3, -0.25) is 4.79 Å². The van der Waals surface area contributed by atoms with Gasteiger partial charge in [-0.15, -0.1) is 11.3 Å². The number of methoxy groups -OCH3 is 1. The Morgan fingerprint density at radius 3 is 3.00 bits per heavy atom. The number of aromatic nitrogens is 1. The Morgan fingerprint density at radius 2 is 2.27 bits per heavy atom. The first-order valence-electron chi connectivity index (χ1n) is 6.31. The molecule has 0 fully saturated rings. The third-order valence-electron chi connectivity index (χ3n) is 2.88. The molecule has 0 spiro atoms. The van der Waals surface area contributed by atoms with Crippen molar-refractivity contribution in [3.05, 3.63) is 53.5 Å². The molecule has 2 aromatic heterocycles. The fourth-order valence-electron chi connectivity index (χ4n) is 1.85. The highest BCUT2D eigenvalue weighted by atomic mass is 32.1. The topological polar surface area (TPSA) is 64.4 Å². The zero-order valence-corrected chi connectivity index (χ0v) is 12.3. The first-order chi connectivity index (χ1) is 10.7. The molecule has 7 heteroatoms. The largest absolute Gasteiger partial charge is 0.494 e. The fraction of sp³-hybridized carbons (Fsp3) is 0.0667. The van der Waals surface area contributed by atoms with Crippen LogP contribution in [0.2, 0.25) is 0 Å². The van der Waals surface area contributed by atoms with E-state index in [1.165, 1.54) is 36.6 Å². The monoisotopic (exact) mass is 318 g/mol. The number of ether oxygens (including phenoxy) is 1. The van der Waals surface area contributed by atoms with E-state index in [1.54, 1.807) is 23.8 Å². The molecule has 0 aliphatic rings. The van der Waals surface area contributed by atoms with Crippen LogP contribution in [0.1, 0.15) is 10.5 Å². The van der Waals surface area contributed by atoms with Crippen molar-refractivity contribution in [1.29, 1.82) is 0 Å². The summed E-state index contributed by atoms with van der Waals surface area (Å²) in [6.07, 6.45) is 1.54. The molecule has 1 N–H and O–H groups in total. The number of carbonyl (C=O) groups excluding carboxylic acids is 1. The fourth-order valence-corrected chi connectivity index (χ4v) is 2.61. The van der Waals surface area contributed by atoms with Crippen molar-refractivity contribution in [2.24, 2.45) is 0 Å². The number of carbonyl (C=O) groups is 1. The van der Waals surface area contributed by atoms with E-state index in [9.17, 15) is 9.18 Å². The lowest BCUT2D eigenvalue weighted by atomic mass is 10.2. The number of hydrogen-bond acceptors (Lipinski definition) is 5. The predicted molar refractivity (Wildman–Crippen MR) is 80.7 cm³/mol. The van der Waals surface area contributed by atoms with Crippen LogP contribution in [-0.2, 0) is 0 Å². The van der Waals surface area contributed by atoms with Crippen molar-refractivity contribution in [3.8, 4) is 16.5 Å². The Kier molecular flexibility index (Phi) is 3.88. The number of rotatable bonds is 4. The smallest absolute Gasteiger partial charge is 0.275 e. The molecule has 112 valence electrons. The molecular formula is C15H11FN2O3S. The van der Waals surface area contributed by atoms with E-state index in [-0.39, 0.29) is 11.4 Å². The molecule has 3 rings (SSSR count). The summed E-state index contributed by atoms with van der Waals surface area (Å²) in [7, 11) is 1.41. The average Bonchev–Trinajstić information content (AvgIpc) is 3.19. The molecule has 2 heterocycles. The maximum Gasteiger partial charge on any atom is 0.275 e. The first kappa shape index (κ1) is 14.3. The molecule has 0 aliphatic carbocycles. The third kappa shape index (κ3) is 2.84. The molecule has 0 radical (unpaired) electrons. The van der Waals surface area contributed by atoms with Crippen LogP contribution in [0, 0.1) is 5.82 Å². The van der Waals surface area contributed by atoms with Crippen LogP contribution in [0.15, 0.2) is 46.4 Å². The maximum absolute atomic E-state index is 13.1. The van der Waals surface area contributed by atoms with Gasteiger partial charge in [-0.2, -0.15) is 0 Å². The Balaban J connectivity index is 1.80. The molecule has 5 nitrogen and oxygen atoms in total. The van der Waals surface area contributed by atoms with Gasteiger partial charge in [-0.1, -0.05) is 0 Å². The van der Waals surface area contributed by atoms with Crippen molar-refractivity contribution in [3.63, 3.8) is 0 Å². The van der Waals surface area contributed by atoms with E-state index in [1.807, 2.05) is 0 Å². The summed E-state index contributed by atoms with van der Waals surface area (Å²) >= 11 is 1.30. The lowest BCUT2D eigenvalue weighted by Crippen LogP contribution is -2.13. The van der Waals surface area contributed by atoms with E-state index in [0.29, 0.717) is 16.5 Å². The SMILES string of the molecule is COc1cc(F)ccc1NC(=O)c1csc(-c2ccco2)n1. The summed E-state index contributed by atoms with van der Waals surface area (Å²) < 4.78 is 23.4. The third-order valence-corrected chi connectivity index (χ3v) is 3.74. The maximum atomic E-state index is 13.1. The minimum atomic E-state index is -0.441. The summed E-state index contributed by atoms with van der Waals surface area (Å²) in [5.74, 6) is 0.000766. The zero-order chi connectivity index (χ0) is 15.5. The number of thiazole rings is 1. The number of anilines is 1. The van der Waals surface area contributed by atoms with Gasteiger partial charge in [-0.25, -0.2) is 9.37 Å². The molecular weight excluding hydrogens is 307 g/mol. The highest BCUT2D eigenvalue weighted by Crippen LogP contribution is 2.27. The average molecular weight is 318 g/mol. The second kappa shape index (κ2) is 5.98. The summed E-state index contributed by atoms with van der Waals surface area (Å²) in [4.78, 5) is 16.4. The molecule has 0 saturated heterocycles. The lowest BCUT2D eigenvalue weighted by Gasteiger charge is -2.09. The lowest BCUT2D eigenvalue weighted by molar-refractivity contribution is 0.102. The Labute approximate surface area is 129 Å². The van der Waals surface area contributed by atoms with Gasteiger partial charge in [0.1, 0.15) is 17.3 Å². The molecule has 0 atom stereocenters. The Morgan fingerprint density at radius 1 is 1.41 bits per heavy atom. The van der Waals surface area contributed by atoms with Gasteiger partial charge < -0.3 is 14.5 Å². The van der Waals surface area contributed by atoms with Crippen LogP contribution in [0.3, 0.4) is 0 Å². The van der Waals surface area contributed by atoms with Gasteiger partial charge in [0.2, 0.25) is 0 Å². The highest BCUT2D eigenvalue weighted by molar-refractivity contribution is 7.13. The zero-order valence-electron chi connectivity index (χ0n) is 11.5. The summed E-state index contributed by atoms with van der Waals surface area (Å²) in [6, 6.07) is 7.40. The van der Waals surface area contributed by atoms with Crippen molar-refractivity contribution < 1.29 is 18.3 Å². The molecule has 0 unspecified atom stereocenters. The number of benzene rings is 1. The Hall–Kier alpha value is -2.67. The van der Waals surface area contributed by atoms with Crippen LogP contribution in [-0.4, -0.2) is 18.0 Å². The normalized spacial score (nSPS) is 10.5. The molecule has 1 amide bonds.